The van der Waals surface area contributed by atoms with Gasteiger partial charge in [0.05, 0.1) is 5.52 Å². The Morgan fingerprint density at radius 3 is 2.06 bits per heavy atom. The number of nitrogens with zero attached hydrogens (tertiary/aromatic N) is 4. The van der Waals surface area contributed by atoms with Crippen LogP contribution < -0.4 is 10.6 Å². The number of hydrogen-bond donors (Lipinski definition) is 1. The molecular weight excluding hydrogens is 426 g/mol. The molecule has 5 rings (SSSR count). The molecule has 33 heavy (non-hydrogen) atoms. The molecule has 5 aromatic rings. The van der Waals surface area contributed by atoms with E-state index in [2.05, 4.69) is 56.3 Å². The van der Waals surface area contributed by atoms with E-state index in [9.17, 15) is 0 Å². The van der Waals surface area contributed by atoms with Crippen LogP contribution >= 0.6 is 11.8 Å². The predicted molar refractivity (Wildman–Crippen MR) is 135 cm³/mol. The lowest BCUT2D eigenvalue weighted by molar-refractivity contribution is 0.778. The number of fused-ring (bicyclic) bond motifs is 1. The van der Waals surface area contributed by atoms with Crippen molar-refractivity contribution in [1.82, 2.24) is 15.0 Å². The van der Waals surface area contributed by atoms with E-state index >= 15 is 0 Å². The highest BCUT2D eigenvalue weighted by atomic mass is 32.2. The molecule has 0 amide bonds. The number of pyridine rings is 1. The molecule has 0 bridgehead atoms. The molecule has 0 radical (unpaired) electrons. The standard InChI is InChI=1S/C27H23N5S/c28-24-26(32(17-20-9-3-1-4-10-20)18-21-11-5-2-6-12-21)30-19-31-27(24)33-23-15-7-13-22-14-8-16-29-25(22)23/h1-16,19H,17-18,28H2. The number of benzene rings is 3. The first kappa shape index (κ1) is 21.0. The number of nitrogen functional groups attached to an aromatic ring is 1. The fraction of sp³-hybridized carbons (Fsp3) is 0.0741. The highest BCUT2D eigenvalue weighted by Crippen LogP contribution is 2.37. The molecule has 0 fully saturated rings. The summed E-state index contributed by atoms with van der Waals surface area (Å²) >= 11 is 1.52. The van der Waals surface area contributed by atoms with Crippen LogP contribution in [0.4, 0.5) is 11.5 Å². The van der Waals surface area contributed by atoms with Crippen molar-refractivity contribution >= 4 is 34.2 Å². The quantitative estimate of drug-likeness (QED) is 0.309. The van der Waals surface area contributed by atoms with Crippen LogP contribution in [-0.4, -0.2) is 15.0 Å². The molecule has 0 aliphatic heterocycles. The molecule has 2 aromatic heterocycles. The second-order valence-electron chi connectivity index (χ2n) is 7.68. The summed E-state index contributed by atoms with van der Waals surface area (Å²) in [4.78, 5) is 16.9. The molecular formula is C27H23N5S. The first-order chi connectivity index (χ1) is 16.3. The zero-order valence-electron chi connectivity index (χ0n) is 18.0. The number of hydrogen-bond acceptors (Lipinski definition) is 6. The summed E-state index contributed by atoms with van der Waals surface area (Å²) in [6.45, 7) is 1.38. The summed E-state index contributed by atoms with van der Waals surface area (Å²) in [5.41, 5.74) is 10.6. The second-order valence-corrected chi connectivity index (χ2v) is 8.71. The number of nitrogens with two attached hydrogens (primary N) is 1. The molecule has 2 N–H and O–H groups in total. The molecule has 3 aromatic carbocycles. The lowest BCUT2D eigenvalue weighted by Crippen LogP contribution is -2.24. The first-order valence-corrected chi connectivity index (χ1v) is 11.5. The van der Waals surface area contributed by atoms with E-state index in [0.29, 0.717) is 18.8 Å². The van der Waals surface area contributed by atoms with E-state index in [1.165, 1.54) is 22.9 Å². The van der Waals surface area contributed by atoms with Gasteiger partial charge >= 0.3 is 0 Å². The fourth-order valence-corrected chi connectivity index (χ4v) is 4.70. The highest BCUT2D eigenvalue weighted by Gasteiger charge is 2.18. The summed E-state index contributed by atoms with van der Waals surface area (Å²) in [5, 5.41) is 1.81. The minimum absolute atomic E-state index is 0.572. The molecule has 5 nitrogen and oxygen atoms in total. The Balaban J connectivity index is 1.51. The molecule has 0 aliphatic carbocycles. The maximum absolute atomic E-state index is 6.68. The van der Waals surface area contributed by atoms with Gasteiger partial charge in [0.1, 0.15) is 17.0 Å². The van der Waals surface area contributed by atoms with Crippen molar-refractivity contribution in [3.63, 3.8) is 0 Å². The van der Waals surface area contributed by atoms with E-state index in [-0.39, 0.29) is 0 Å². The van der Waals surface area contributed by atoms with Gasteiger partial charge in [-0.15, -0.1) is 0 Å². The van der Waals surface area contributed by atoms with Gasteiger partial charge in [0.2, 0.25) is 0 Å². The predicted octanol–water partition coefficient (Wildman–Crippen LogP) is 5.97. The average Bonchev–Trinajstić information content (AvgIpc) is 2.86. The Morgan fingerprint density at radius 2 is 1.36 bits per heavy atom. The Morgan fingerprint density at radius 1 is 0.697 bits per heavy atom. The van der Waals surface area contributed by atoms with E-state index in [4.69, 9.17) is 5.73 Å². The van der Waals surface area contributed by atoms with Crippen molar-refractivity contribution < 1.29 is 0 Å². The van der Waals surface area contributed by atoms with Gasteiger partial charge in [0.25, 0.3) is 0 Å². The molecule has 0 atom stereocenters. The van der Waals surface area contributed by atoms with Gasteiger partial charge in [-0.25, -0.2) is 9.97 Å². The summed E-state index contributed by atoms with van der Waals surface area (Å²) in [6.07, 6.45) is 3.40. The lowest BCUT2D eigenvalue weighted by atomic mass is 10.1. The number of anilines is 2. The van der Waals surface area contributed by atoms with Crippen LogP contribution in [0.25, 0.3) is 10.9 Å². The third-order valence-electron chi connectivity index (χ3n) is 5.36. The van der Waals surface area contributed by atoms with Crippen molar-refractivity contribution in [2.24, 2.45) is 0 Å². The Kier molecular flexibility index (Phi) is 6.17. The van der Waals surface area contributed by atoms with Gasteiger partial charge < -0.3 is 10.6 Å². The smallest absolute Gasteiger partial charge is 0.157 e. The number of rotatable bonds is 7. The minimum Gasteiger partial charge on any atom is -0.394 e. The lowest BCUT2D eigenvalue weighted by Gasteiger charge is -2.26. The molecule has 0 saturated heterocycles. The molecule has 6 heteroatoms. The van der Waals surface area contributed by atoms with E-state index < -0.39 is 0 Å². The third kappa shape index (κ3) is 4.81. The first-order valence-electron chi connectivity index (χ1n) is 10.7. The van der Waals surface area contributed by atoms with Crippen LogP contribution in [0.15, 0.2) is 113 Å². The second kappa shape index (κ2) is 9.71. The molecule has 0 unspecified atom stereocenters. The van der Waals surface area contributed by atoms with Crippen molar-refractivity contribution in [2.45, 2.75) is 23.0 Å². The van der Waals surface area contributed by atoms with Gasteiger partial charge in [-0.05, 0) is 23.3 Å². The molecule has 0 saturated carbocycles. The van der Waals surface area contributed by atoms with Crippen molar-refractivity contribution in [2.75, 3.05) is 10.6 Å². The molecule has 162 valence electrons. The van der Waals surface area contributed by atoms with Crippen molar-refractivity contribution in [1.29, 1.82) is 0 Å². The van der Waals surface area contributed by atoms with Gasteiger partial charge in [0, 0.05) is 29.6 Å². The van der Waals surface area contributed by atoms with Crippen LogP contribution in [0.3, 0.4) is 0 Å². The topological polar surface area (TPSA) is 67.9 Å². The van der Waals surface area contributed by atoms with Gasteiger partial charge in [-0.2, -0.15) is 0 Å². The van der Waals surface area contributed by atoms with Gasteiger partial charge in [-0.3, -0.25) is 4.98 Å². The zero-order chi connectivity index (χ0) is 22.5. The van der Waals surface area contributed by atoms with E-state index in [0.717, 1.165) is 26.6 Å². The van der Waals surface area contributed by atoms with Crippen molar-refractivity contribution in [3.8, 4) is 0 Å². The number of aromatic nitrogens is 3. The largest absolute Gasteiger partial charge is 0.394 e. The molecule has 2 heterocycles. The maximum atomic E-state index is 6.68. The maximum Gasteiger partial charge on any atom is 0.157 e. The fourth-order valence-electron chi connectivity index (χ4n) is 3.78. The summed E-state index contributed by atoms with van der Waals surface area (Å²) in [7, 11) is 0. The molecule has 0 aliphatic rings. The van der Waals surface area contributed by atoms with Crippen molar-refractivity contribution in [3.05, 3.63) is 115 Å². The molecule has 0 spiro atoms. The zero-order valence-corrected chi connectivity index (χ0v) is 18.8. The van der Waals surface area contributed by atoms with Crippen LogP contribution in [0, 0.1) is 0 Å². The van der Waals surface area contributed by atoms with E-state index in [1.54, 1.807) is 6.33 Å². The SMILES string of the molecule is Nc1c(Sc2cccc3cccnc23)ncnc1N(Cc1ccccc1)Cc1ccccc1. The summed E-state index contributed by atoms with van der Waals surface area (Å²) in [6, 6.07) is 30.9. The Labute approximate surface area is 197 Å². The number of para-hydroxylation sites is 1. The van der Waals surface area contributed by atoms with Crippen LogP contribution in [0.2, 0.25) is 0 Å². The Hall–Kier alpha value is -3.90. The monoisotopic (exact) mass is 449 g/mol. The van der Waals surface area contributed by atoms with Gasteiger partial charge in [0.15, 0.2) is 5.82 Å². The Bertz CT molecular complexity index is 1310. The van der Waals surface area contributed by atoms with Crippen LogP contribution in [0.5, 0.6) is 0 Å². The normalized spacial score (nSPS) is 10.9. The highest BCUT2D eigenvalue weighted by molar-refractivity contribution is 7.99. The van der Waals surface area contributed by atoms with Crippen LogP contribution in [0.1, 0.15) is 11.1 Å². The average molecular weight is 450 g/mol. The summed E-state index contributed by atoms with van der Waals surface area (Å²) < 4.78 is 0. The van der Waals surface area contributed by atoms with Gasteiger partial charge in [-0.1, -0.05) is 90.6 Å². The third-order valence-corrected chi connectivity index (χ3v) is 6.43. The minimum atomic E-state index is 0.572. The van der Waals surface area contributed by atoms with E-state index in [1.807, 2.05) is 60.8 Å². The summed E-state index contributed by atoms with van der Waals surface area (Å²) in [5.74, 6) is 0.730. The van der Waals surface area contributed by atoms with Crippen LogP contribution in [-0.2, 0) is 13.1 Å².